The number of amides is 1. The van der Waals surface area contributed by atoms with E-state index in [1.165, 1.54) is 6.07 Å². The van der Waals surface area contributed by atoms with E-state index in [9.17, 15) is 9.18 Å². The maximum Gasteiger partial charge on any atom is 0.407 e. The van der Waals surface area contributed by atoms with Gasteiger partial charge in [-0.1, -0.05) is 18.2 Å². The Kier molecular flexibility index (Phi) is 7.49. The molecule has 0 aliphatic heterocycles. The van der Waals surface area contributed by atoms with Crippen LogP contribution in [0.15, 0.2) is 24.3 Å². The standard InChI is InChI=1S/C18H29FN2O2/c1-13(12-14(2)21-17(22)23-18(3,4)5)20-11-10-15-8-6-7-9-16(15)19/h6-9,13-14,20H,10-12H2,1-5H3,(H,21,22)/t13-,14+/m1/s1. The maximum atomic E-state index is 13.5. The van der Waals surface area contributed by atoms with E-state index in [0.29, 0.717) is 18.5 Å². The summed E-state index contributed by atoms with van der Waals surface area (Å²) in [5.74, 6) is -0.165. The molecule has 1 aromatic rings. The third-order valence-electron chi connectivity index (χ3n) is 3.32. The normalized spacial score (nSPS) is 14.2. The summed E-state index contributed by atoms with van der Waals surface area (Å²) in [7, 11) is 0. The number of rotatable bonds is 7. The highest BCUT2D eigenvalue weighted by atomic mass is 19.1. The first kappa shape index (κ1) is 19.4. The molecule has 2 N–H and O–H groups in total. The molecular weight excluding hydrogens is 295 g/mol. The van der Waals surface area contributed by atoms with Gasteiger partial charge in [0, 0.05) is 12.1 Å². The van der Waals surface area contributed by atoms with E-state index < -0.39 is 11.7 Å². The number of nitrogens with one attached hydrogen (secondary N) is 2. The number of carbonyl (C=O) groups excluding carboxylic acids is 1. The van der Waals surface area contributed by atoms with E-state index in [1.807, 2.05) is 33.8 Å². The zero-order chi connectivity index (χ0) is 17.5. The fourth-order valence-electron chi connectivity index (χ4n) is 2.34. The summed E-state index contributed by atoms with van der Waals surface area (Å²) >= 11 is 0. The highest BCUT2D eigenvalue weighted by Gasteiger charge is 2.18. The molecule has 0 aliphatic carbocycles. The largest absolute Gasteiger partial charge is 0.444 e. The molecule has 0 bridgehead atoms. The van der Waals surface area contributed by atoms with Crippen LogP contribution in [-0.2, 0) is 11.2 Å². The zero-order valence-electron chi connectivity index (χ0n) is 14.8. The number of halogens is 1. The van der Waals surface area contributed by atoms with Gasteiger partial charge in [0.15, 0.2) is 0 Å². The van der Waals surface area contributed by atoms with Crippen LogP contribution in [0.1, 0.15) is 46.6 Å². The van der Waals surface area contributed by atoms with Crippen LogP contribution in [0.2, 0.25) is 0 Å². The summed E-state index contributed by atoms with van der Waals surface area (Å²) in [5.41, 5.74) is 0.222. The predicted octanol–water partition coefficient (Wildman–Crippen LogP) is 3.65. The van der Waals surface area contributed by atoms with Crippen LogP contribution in [0.25, 0.3) is 0 Å². The third kappa shape index (κ3) is 8.55. The molecule has 1 amide bonds. The van der Waals surface area contributed by atoms with Gasteiger partial charge in [-0.2, -0.15) is 0 Å². The first-order valence-corrected chi connectivity index (χ1v) is 8.13. The first-order valence-electron chi connectivity index (χ1n) is 8.13. The minimum Gasteiger partial charge on any atom is -0.444 e. The van der Waals surface area contributed by atoms with Crippen molar-refractivity contribution in [2.75, 3.05) is 6.54 Å². The Morgan fingerprint density at radius 1 is 1.22 bits per heavy atom. The molecule has 1 rings (SSSR count). The molecule has 0 saturated heterocycles. The summed E-state index contributed by atoms with van der Waals surface area (Å²) in [6.07, 6.45) is 1.02. The summed E-state index contributed by atoms with van der Waals surface area (Å²) in [5, 5.41) is 6.18. The Balaban J connectivity index is 2.26. The summed E-state index contributed by atoms with van der Waals surface area (Å²) in [6, 6.07) is 7.03. The lowest BCUT2D eigenvalue weighted by Gasteiger charge is -2.23. The average Bonchev–Trinajstić information content (AvgIpc) is 2.38. The number of alkyl carbamates (subject to hydrolysis) is 1. The summed E-state index contributed by atoms with van der Waals surface area (Å²) in [6.45, 7) is 10.2. The average molecular weight is 324 g/mol. The first-order chi connectivity index (χ1) is 10.7. The van der Waals surface area contributed by atoms with E-state index in [1.54, 1.807) is 12.1 Å². The lowest BCUT2D eigenvalue weighted by Crippen LogP contribution is -2.41. The molecule has 2 atom stereocenters. The van der Waals surface area contributed by atoms with Gasteiger partial charge in [0.1, 0.15) is 11.4 Å². The highest BCUT2D eigenvalue weighted by molar-refractivity contribution is 5.68. The Morgan fingerprint density at radius 2 is 1.87 bits per heavy atom. The van der Waals surface area contributed by atoms with Crippen LogP contribution >= 0.6 is 0 Å². The van der Waals surface area contributed by atoms with Crippen LogP contribution in [0.3, 0.4) is 0 Å². The minimum absolute atomic E-state index is 0.000751. The van der Waals surface area contributed by atoms with Gasteiger partial charge in [-0.25, -0.2) is 9.18 Å². The van der Waals surface area contributed by atoms with Gasteiger partial charge in [-0.05, 0) is 65.6 Å². The number of carbonyl (C=O) groups is 1. The fraction of sp³-hybridized carbons (Fsp3) is 0.611. The van der Waals surface area contributed by atoms with Crippen molar-refractivity contribution < 1.29 is 13.9 Å². The van der Waals surface area contributed by atoms with Crippen LogP contribution in [0.5, 0.6) is 0 Å². The van der Waals surface area contributed by atoms with Crippen molar-refractivity contribution in [3.05, 3.63) is 35.6 Å². The molecule has 0 aromatic heterocycles. The van der Waals surface area contributed by atoms with Crippen LogP contribution in [0.4, 0.5) is 9.18 Å². The molecule has 0 spiro atoms. The molecule has 0 aliphatic rings. The van der Waals surface area contributed by atoms with E-state index in [2.05, 4.69) is 17.6 Å². The number of hydrogen-bond donors (Lipinski definition) is 2. The molecule has 4 nitrogen and oxygen atoms in total. The van der Waals surface area contributed by atoms with Gasteiger partial charge >= 0.3 is 6.09 Å². The summed E-state index contributed by atoms with van der Waals surface area (Å²) in [4.78, 5) is 11.7. The Bertz CT molecular complexity index is 500. The van der Waals surface area contributed by atoms with E-state index in [0.717, 1.165) is 6.42 Å². The van der Waals surface area contributed by atoms with Gasteiger partial charge in [0.2, 0.25) is 0 Å². The van der Waals surface area contributed by atoms with Crippen molar-refractivity contribution in [1.82, 2.24) is 10.6 Å². The molecule has 0 saturated carbocycles. The van der Waals surface area contributed by atoms with Crippen molar-refractivity contribution in [3.63, 3.8) is 0 Å². The Labute approximate surface area is 138 Å². The lowest BCUT2D eigenvalue weighted by molar-refractivity contribution is 0.0504. The molecule has 23 heavy (non-hydrogen) atoms. The quantitative estimate of drug-likeness (QED) is 0.805. The van der Waals surface area contributed by atoms with E-state index >= 15 is 0 Å². The second-order valence-corrected chi connectivity index (χ2v) is 6.98. The van der Waals surface area contributed by atoms with Crippen molar-refractivity contribution in [2.24, 2.45) is 0 Å². The molecule has 5 heteroatoms. The number of benzene rings is 1. The lowest BCUT2D eigenvalue weighted by atomic mass is 10.1. The molecule has 0 fully saturated rings. The summed E-state index contributed by atoms with van der Waals surface area (Å²) < 4.78 is 18.7. The van der Waals surface area contributed by atoms with E-state index in [4.69, 9.17) is 4.74 Å². The van der Waals surface area contributed by atoms with Gasteiger partial charge in [-0.15, -0.1) is 0 Å². The van der Waals surface area contributed by atoms with Crippen molar-refractivity contribution in [3.8, 4) is 0 Å². The maximum absolute atomic E-state index is 13.5. The predicted molar refractivity (Wildman–Crippen MR) is 91.0 cm³/mol. The SMILES string of the molecule is C[C@H](C[C@H](C)NC(=O)OC(C)(C)C)NCCc1ccccc1F. The molecule has 130 valence electrons. The zero-order valence-corrected chi connectivity index (χ0v) is 14.8. The Morgan fingerprint density at radius 3 is 2.48 bits per heavy atom. The highest BCUT2D eigenvalue weighted by Crippen LogP contribution is 2.08. The van der Waals surface area contributed by atoms with Crippen molar-refractivity contribution >= 4 is 6.09 Å². The second-order valence-electron chi connectivity index (χ2n) is 6.98. The van der Waals surface area contributed by atoms with Gasteiger partial charge in [-0.3, -0.25) is 0 Å². The van der Waals surface area contributed by atoms with Gasteiger partial charge in [0.05, 0.1) is 0 Å². The smallest absolute Gasteiger partial charge is 0.407 e. The fourth-order valence-corrected chi connectivity index (χ4v) is 2.34. The van der Waals surface area contributed by atoms with E-state index in [-0.39, 0.29) is 17.9 Å². The number of ether oxygens (including phenoxy) is 1. The van der Waals surface area contributed by atoms with Gasteiger partial charge < -0.3 is 15.4 Å². The van der Waals surface area contributed by atoms with Crippen molar-refractivity contribution in [2.45, 2.75) is 65.1 Å². The molecule has 0 radical (unpaired) electrons. The molecular formula is C18H29FN2O2. The molecule has 0 heterocycles. The van der Waals surface area contributed by atoms with Gasteiger partial charge in [0.25, 0.3) is 0 Å². The monoisotopic (exact) mass is 324 g/mol. The van der Waals surface area contributed by atoms with Crippen LogP contribution in [0, 0.1) is 5.82 Å². The second kappa shape index (κ2) is 8.87. The van der Waals surface area contributed by atoms with Crippen LogP contribution in [-0.4, -0.2) is 30.3 Å². The third-order valence-corrected chi connectivity index (χ3v) is 3.32. The van der Waals surface area contributed by atoms with Crippen LogP contribution < -0.4 is 10.6 Å². The van der Waals surface area contributed by atoms with Crippen molar-refractivity contribution in [1.29, 1.82) is 0 Å². The molecule has 0 unspecified atom stereocenters. The topological polar surface area (TPSA) is 50.4 Å². The Hall–Kier alpha value is -1.62. The number of hydrogen-bond acceptors (Lipinski definition) is 3. The molecule has 1 aromatic carbocycles. The minimum atomic E-state index is -0.493.